The van der Waals surface area contributed by atoms with Crippen LogP contribution in [0.2, 0.25) is 0 Å². The highest BCUT2D eigenvalue weighted by Crippen LogP contribution is 2.26. The van der Waals surface area contributed by atoms with Gasteiger partial charge in [0.15, 0.2) is 0 Å². The fraction of sp³-hybridized carbons (Fsp3) is 0.389. The van der Waals surface area contributed by atoms with Gasteiger partial charge in [0.25, 0.3) is 5.91 Å². The minimum atomic E-state index is -4.43. The number of nitrogens with zero attached hydrogens (tertiary/aromatic N) is 1. The molecule has 1 aliphatic heterocycles. The van der Waals surface area contributed by atoms with E-state index in [1.54, 1.807) is 24.3 Å². The average Bonchev–Trinajstić information content (AvgIpc) is 2.58. The number of hydrogen-bond donors (Lipinski definition) is 0. The van der Waals surface area contributed by atoms with Gasteiger partial charge in [-0.1, -0.05) is 36.4 Å². The second-order valence-corrected chi connectivity index (χ2v) is 5.92. The molecule has 2 aromatic carbocycles. The molecule has 1 saturated heterocycles. The molecule has 6 heteroatoms. The second-order valence-electron chi connectivity index (χ2n) is 5.92. The van der Waals surface area contributed by atoms with Crippen LogP contribution in [0.5, 0.6) is 0 Å². The Balaban J connectivity index is 1.97. The zero-order valence-corrected chi connectivity index (χ0v) is 13.1. The van der Waals surface area contributed by atoms with E-state index < -0.39 is 24.7 Å². The predicted molar refractivity (Wildman–Crippen MR) is 84.9 cm³/mol. The van der Waals surface area contributed by atoms with Gasteiger partial charge in [0.2, 0.25) is 0 Å². The first-order valence-electron chi connectivity index (χ1n) is 7.89. The molecule has 1 heterocycles. The van der Waals surface area contributed by atoms with Crippen LogP contribution in [0, 0.1) is 0 Å². The number of rotatable bonds is 3. The fourth-order valence-electron chi connectivity index (χ4n) is 3.12. The molecule has 3 nitrogen and oxygen atoms in total. The monoisotopic (exact) mass is 337 g/mol. The molecule has 1 amide bonds. The largest absolute Gasteiger partial charge is 0.406 e. The molecule has 1 aliphatic rings. The molecule has 0 spiro atoms. The van der Waals surface area contributed by atoms with Crippen molar-refractivity contribution in [3.05, 3.63) is 48.0 Å². The van der Waals surface area contributed by atoms with Crippen molar-refractivity contribution < 1.29 is 22.7 Å². The highest BCUT2D eigenvalue weighted by Gasteiger charge is 2.37. The Morgan fingerprint density at radius 3 is 2.46 bits per heavy atom. The van der Waals surface area contributed by atoms with Gasteiger partial charge in [0.05, 0.1) is 0 Å². The van der Waals surface area contributed by atoms with Crippen LogP contribution in [0.4, 0.5) is 13.2 Å². The van der Waals surface area contributed by atoms with E-state index in [9.17, 15) is 18.0 Å². The number of carbonyl (C=O) groups excluding carboxylic acids is 1. The normalized spacial score (nSPS) is 16.3. The molecular formula is C18H18F3NO2. The molecule has 2 aromatic rings. The molecule has 3 rings (SSSR count). The third kappa shape index (κ3) is 3.70. The van der Waals surface area contributed by atoms with Gasteiger partial charge in [0, 0.05) is 24.8 Å². The van der Waals surface area contributed by atoms with E-state index in [0.29, 0.717) is 37.0 Å². The minimum Gasteiger partial charge on any atom is -0.381 e. The van der Waals surface area contributed by atoms with E-state index in [1.165, 1.54) is 0 Å². The number of alkyl halides is 3. The Bertz CT molecular complexity index is 718. The maximum Gasteiger partial charge on any atom is 0.406 e. The molecule has 0 aromatic heterocycles. The summed E-state index contributed by atoms with van der Waals surface area (Å²) in [4.78, 5) is 13.9. The topological polar surface area (TPSA) is 29.5 Å². The molecule has 0 aliphatic carbocycles. The molecule has 0 saturated carbocycles. The summed E-state index contributed by atoms with van der Waals surface area (Å²) in [5.41, 5.74) is 0.309. The van der Waals surface area contributed by atoms with Crippen molar-refractivity contribution in [2.24, 2.45) is 0 Å². The standard InChI is InChI=1S/C18H18F3NO2/c19-18(20,21)12-22(14-8-10-24-11-9-14)17(23)16-7-3-5-13-4-1-2-6-15(13)16/h1-7,14H,8-12H2. The average molecular weight is 337 g/mol. The summed E-state index contributed by atoms with van der Waals surface area (Å²) in [5.74, 6) is -0.573. The van der Waals surface area contributed by atoms with Crippen LogP contribution in [0.25, 0.3) is 10.8 Å². The summed E-state index contributed by atoms with van der Waals surface area (Å²) in [6.07, 6.45) is -3.59. The van der Waals surface area contributed by atoms with Crippen molar-refractivity contribution in [2.45, 2.75) is 25.1 Å². The number of carbonyl (C=O) groups is 1. The number of hydrogen-bond acceptors (Lipinski definition) is 2. The maximum absolute atomic E-state index is 13.0. The second kappa shape index (κ2) is 6.81. The molecule has 0 atom stereocenters. The Morgan fingerprint density at radius 1 is 1.08 bits per heavy atom. The molecule has 0 unspecified atom stereocenters. The lowest BCUT2D eigenvalue weighted by molar-refractivity contribution is -0.147. The molecule has 0 radical (unpaired) electrons. The third-order valence-corrected chi connectivity index (χ3v) is 4.26. The lowest BCUT2D eigenvalue weighted by Crippen LogP contribution is -2.47. The summed E-state index contributed by atoms with van der Waals surface area (Å²) in [6, 6.07) is 11.9. The number of ether oxygens (including phenoxy) is 1. The number of halogens is 3. The number of benzene rings is 2. The highest BCUT2D eigenvalue weighted by atomic mass is 19.4. The van der Waals surface area contributed by atoms with Crippen molar-refractivity contribution in [1.82, 2.24) is 4.90 Å². The number of fused-ring (bicyclic) bond motifs is 1. The molecular weight excluding hydrogens is 319 g/mol. The highest BCUT2D eigenvalue weighted by molar-refractivity contribution is 6.07. The molecule has 24 heavy (non-hydrogen) atoms. The van der Waals surface area contributed by atoms with E-state index in [4.69, 9.17) is 4.74 Å². The van der Waals surface area contributed by atoms with Gasteiger partial charge in [-0.15, -0.1) is 0 Å². The molecule has 128 valence electrons. The predicted octanol–water partition coefficient (Wildman–Crippen LogP) is 4.02. The third-order valence-electron chi connectivity index (χ3n) is 4.26. The van der Waals surface area contributed by atoms with Crippen LogP contribution in [-0.4, -0.2) is 42.8 Å². The van der Waals surface area contributed by atoms with Gasteiger partial charge in [-0.05, 0) is 29.7 Å². The van der Waals surface area contributed by atoms with Crippen molar-refractivity contribution in [1.29, 1.82) is 0 Å². The summed E-state index contributed by atoms with van der Waals surface area (Å²) < 4.78 is 44.3. The van der Waals surface area contributed by atoms with Crippen LogP contribution in [0.1, 0.15) is 23.2 Å². The smallest absolute Gasteiger partial charge is 0.381 e. The first-order valence-corrected chi connectivity index (χ1v) is 7.89. The van der Waals surface area contributed by atoms with E-state index in [1.807, 2.05) is 18.2 Å². The maximum atomic E-state index is 13.0. The Kier molecular flexibility index (Phi) is 4.76. The molecule has 1 fully saturated rings. The van der Waals surface area contributed by atoms with Crippen molar-refractivity contribution in [3.8, 4) is 0 Å². The zero-order chi connectivity index (χ0) is 17.2. The van der Waals surface area contributed by atoms with Gasteiger partial charge in [0.1, 0.15) is 6.54 Å². The van der Waals surface area contributed by atoms with Crippen LogP contribution in [0.15, 0.2) is 42.5 Å². The van der Waals surface area contributed by atoms with E-state index >= 15 is 0 Å². The zero-order valence-electron chi connectivity index (χ0n) is 13.1. The van der Waals surface area contributed by atoms with E-state index in [0.717, 1.165) is 10.3 Å². The lowest BCUT2D eigenvalue weighted by Gasteiger charge is -2.35. The fourth-order valence-corrected chi connectivity index (χ4v) is 3.12. The van der Waals surface area contributed by atoms with Crippen LogP contribution >= 0.6 is 0 Å². The van der Waals surface area contributed by atoms with Gasteiger partial charge >= 0.3 is 6.18 Å². The van der Waals surface area contributed by atoms with Gasteiger partial charge in [-0.25, -0.2) is 0 Å². The number of amides is 1. The van der Waals surface area contributed by atoms with Crippen LogP contribution in [0.3, 0.4) is 0 Å². The van der Waals surface area contributed by atoms with Crippen molar-refractivity contribution >= 4 is 16.7 Å². The quantitative estimate of drug-likeness (QED) is 0.846. The molecule has 0 bridgehead atoms. The Hall–Kier alpha value is -2.08. The minimum absolute atomic E-state index is 0.309. The van der Waals surface area contributed by atoms with Gasteiger partial charge in [-0.2, -0.15) is 13.2 Å². The summed E-state index contributed by atoms with van der Waals surface area (Å²) in [6.45, 7) is -0.483. The first kappa shape index (κ1) is 16.8. The van der Waals surface area contributed by atoms with Crippen molar-refractivity contribution in [3.63, 3.8) is 0 Å². The Labute approximate surface area is 138 Å². The first-order chi connectivity index (χ1) is 11.5. The van der Waals surface area contributed by atoms with Crippen molar-refractivity contribution in [2.75, 3.05) is 19.8 Å². The van der Waals surface area contributed by atoms with E-state index in [-0.39, 0.29) is 0 Å². The van der Waals surface area contributed by atoms with Gasteiger partial charge in [-0.3, -0.25) is 4.79 Å². The Morgan fingerprint density at radius 2 is 1.75 bits per heavy atom. The SMILES string of the molecule is O=C(c1cccc2ccccc12)N(CC(F)(F)F)C1CCOCC1. The summed E-state index contributed by atoms with van der Waals surface area (Å²) in [7, 11) is 0. The molecule has 0 N–H and O–H groups in total. The lowest BCUT2D eigenvalue weighted by atomic mass is 10.0. The van der Waals surface area contributed by atoms with Crippen LogP contribution in [-0.2, 0) is 4.74 Å². The summed E-state index contributed by atoms with van der Waals surface area (Å²) in [5, 5.41) is 1.51. The van der Waals surface area contributed by atoms with E-state index in [2.05, 4.69) is 0 Å². The van der Waals surface area contributed by atoms with Gasteiger partial charge < -0.3 is 9.64 Å². The van der Waals surface area contributed by atoms with Crippen LogP contribution < -0.4 is 0 Å². The summed E-state index contributed by atoms with van der Waals surface area (Å²) >= 11 is 0.